The van der Waals surface area contributed by atoms with E-state index in [2.05, 4.69) is 15.4 Å². The van der Waals surface area contributed by atoms with Crippen LogP contribution in [0.1, 0.15) is 13.8 Å². The van der Waals surface area contributed by atoms with Gasteiger partial charge in [-0.15, -0.1) is 0 Å². The Balaban J connectivity index is 2.04. The van der Waals surface area contributed by atoms with Crippen molar-refractivity contribution in [2.45, 2.75) is 24.8 Å². The minimum atomic E-state index is -3.79. The Bertz CT molecular complexity index is 866. The second kappa shape index (κ2) is 7.91. The number of anilines is 2. The lowest BCUT2D eigenvalue weighted by atomic mass is 10.2. The summed E-state index contributed by atoms with van der Waals surface area (Å²) < 4.78 is 26.8. The number of amides is 2. The van der Waals surface area contributed by atoms with Crippen LogP contribution < -0.4 is 15.4 Å². The lowest BCUT2D eigenvalue weighted by Crippen LogP contribution is -2.41. The quantitative estimate of drug-likeness (QED) is 0.731. The molecule has 7 nitrogen and oxygen atoms in total. The molecule has 2 amide bonds. The van der Waals surface area contributed by atoms with E-state index in [9.17, 15) is 18.0 Å². The highest BCUT2D eigenvalue weighted by molar-refractivity contribution is 7.89. The van der Waals surface area contributed by atoms with Crippen LogP contribution in [0.2, 0.25) is 0 Å². The molecule has 0 heterocycles. The SMILES string of the molecule is CC(=O)Nc1cccc(NC(=O)[C@H](C)NS(=O)(=O)c2ccccc2)c1. The van der Waals surface area contributed by atoms with Gasteiger partial charge in [0.05, 0.1) is 10.9 Å². The van der Waals surface area contributed by atoms with Crippen molar-refractivity contribution in [3.63, 3.8) is 0 Å². The Morgan fingerprint density at radius 3 is 2.12 bits per heavy atom. The third-order valence-corrected chi connectivity index (χ3v) is 4.79. The van der Waals surface area contributed by atoms with Gasteiger partial charge in [-0.2, -0.15) is 4.72 Å². The van der Waals surface area contributed by atoms with Gasteiger partial charge in [0, 0.05) is 18.3 Å². The summed E-state index contributed by atoms with van der Waals surface area (Å²) in [5, 5.41) is 5.22. The van der Waals surface area contributed by atoms with Crippen molar-refractivity contribution in [1.82, 2.24) is 4.72 Å². The van der Waals surface area contributed by atoms with Crippen molar-refractivity contribution in [2.24, 2.45) is 0 Å². The molecule has 0 aliphatic carbocycles. The van der Waals surface area contributed by atoms with Gasteiger partial charge in [0.25, 0.3) is 0 Å². The number of rotatable bonds is 6. The maximum atomic E-state index is 12.2. The van der Waals surface area contributed by atoms with Crippen LogP contribution in [0.25, 0.3) is 0 Å². The van der Waals surface area contributed by atoms with Crippen LogP contribution >= 0.6 is 0 Å². The fourth-order valence-electron chi connectivity index (χ4n) is 2.08. The molecule has 0 aliphatic heterocycles. The fraction of sp³-hybridized carbons (Fsp3) is 0.176. The number of nitrogens with one attached hydrogen (secondary N) is 3. The van der Waals surface area contributed by atoms with Gasteiger partial charge in [-0.25, -0.2) is 8.42 Å². The molecule has 2 aromatic carbocycles. The molecule has 0 spiro atoms. The topological polar surface area (TPSA) is 104 Å². The molecule has 0 fully saturated rings. The largest absolute Gasteiger partial charge is 0.326 e. The summed E-state index contributed by atoms with van der Waals surface area (Å²) >= 11 is 0. The summed E-state index contributed by atoms with van der Waals surface area (Å²) in [5.74, 6) is -0.744. The van der Waals surface area contributed by atoms with Crippen LogP contribution in [0, 0.1) is 0 Å². The van der Waals surface area contributed by atoms with E-state index in [0.717, 1.165) is 0 Å². The average Bonchev–Trinajstić information content (AvgIpc) is 2.55. The summed E-state index contributed by atoms with van der Waals surface area (Å²) in [5.41, 5.74) is 0.977. The second-order valence-electron chi connectivity index (χ2n) is 5.41. The minimum Gasteiger partial charge on any atom is -0.326 e. The standard InChI is InChI=1S/C17H19N3O4S/c1-12(20-25(23,24)16-9-4-3-5-10-16)17(22)19-15-8-6-7-14(11-15)18-13(2)21/h3-12,20H,1-2H3,(H,18,21)(H,19,22)/t12-/m0/s1. The van der Waals surface area contributed by atoms with E-state index in [0.29, 0.717) is 11.4 Å². The molecule has 0 saturated heterocycles. The van der Waals surface area contributed by atoms with E-state index in [-0.39, 0.29) is 10.8 Å². The Labute approximate surface area is 146 Å². The van der Waals surface area contributed by atoms with Crippen LogP contribution in [0.5, 0.6) is 0 Å². The molecular weight excluding hydrogens is 342 g/mol. The first kappa shape index (κ1) is 18.6. The zero-order valence-electron chi connectivity index (χ0n) is 13.8. The number of carbonyl (C=O) groups is 2. The second-order valence-corrected chi connectivity index (χ2v) is 7.12. The molecular formula is C17H19N3O4S. The molecule has 8 heteroatoms. The number of hydrogen-bond acceptors (Lipinski definition) is 4. The van der Waals surface area contributed by atoms with E-state index in [1.165, 1.54) is 26.0 Å². The van der Waals surface area contributed by atoms with E-state index < -0.39 is 22.0 Å². The van der Waals surface area contributed by atoms with Gasteiger partial charge >= 0.3 is 0 Å². The molecule has 0 bridgehead atoms. The third-order valence-electron chi connectivity index (χ3n) is 3.23. The highest BCUT2D eigenvalue weighted by Crippen LogP contribution is 2.15. The van der Waals surface area contributed by atoms with Crippen molar-refractivity contribution in [3.8, 4) is 0 Å². The molecule has 3 N–H and O–H groups in total. The van der Waals surface area contributed by atoms with Crippen molar-refractivity contribution in [1.29, 1.82) is 0 Å². The van der Waals surface area contributed by atoms with Crippen LogP contribution in [0.15, 0.2) is 59.5 Å². The molecule has 0 radical (unpaired) electrons. The predicted octanol–water partition coefficient (Wildman–Crippen LogP) is 1.95. The molecule has 0 aromatic heterocycles. The Hall–Kier alpha value is -2.71. The molecule has 2 rings (SSSR count). The lowest BCUT2D eigenvalue weighted by Gasteiger charge is -2.15. The van der Waals surface area contributed by atoms with E-state index in [4.69, 9.17) is 0 Å². The zero-order valence-corrected chi connectivity index (χ0v) is 14.6. The van der Waals surface area contributed by atoms with Gasteiger partial charge in [0.15, 0.2) is 0 Å². The monoisotopic (exact) mass is 361 g/mol. The number of hydrogen-bond donors (Lipinski definition) is 3. The van der Waals surface area contributed by atoms with Crippen LogP contribution in [0.4, 0.5) is 11.4 Å². The van der Waals surface area contributed by atoms with Crippen molar-refractivity contribution in [3.05, 3.63) is 54.6 Å². The Morgan fingerprint density at radius 1 is 0.920 bits per heavy atom. The van der Waals surface area contributed by atoms with Crippen LogP contribution in [0.3, 0.4) is 0 Å². The summed E-state index contributed by atoms with van der Waals surface area (Å²) in [6, 6.07) is 13.4. The van der Waals surface area contributed by atoms with Crippen molar-refractivity contribution in [2.75, 3.05) is 10.6 Å². The van der Waals surface area contributed by atoms with Crippen molar-refractivity contribution < 1.29 is 18.0 Å². The smallest absolute Gasteiger partial charge is 0.242 e. The summed E-state index contributed by atoms with van der Waals surface area (Å²) in [6.45, 7) is 2.83. The lowest BCUT2D eigenvalue weighted by molar-refractivity contribution is -0.117. The number of benzene rings is 2. The molecule has 1 atom stereocenters. The predicted molar refractivity (Wildman–Crippen MR) is 95.6 cm³/mol. The molecule has 25 heavy (non-hydrogen) atoms. The number of sulfonamides is 1. The van der Waals surface area contributed by atoms with E-state index >= 15 is 0 Å². The Morgan fingerprint density at radius 2 is 1.52 bits per heavy atom. The maximum absolute atomic E-state index is 12.2. The molecule has 0 aliphatic rings. The molecule has 0 saturated carbocycles. The first-order valence-corrected chi connectivity index (χ1v) is 9.02. The maximum Gasteiger partial charge on any atom is 0.242 e. The number of carbonyl (C=O) groups excluding carboxylic acids is 2. The molecule has 0 unspecified atom stereocenters. The zero-order chi connectivity index (χ0) is 18.4. The Kier molecular flexibility index (Phi) is 5.89. The highest BCUT2D eigenvalue weighted by Gasteiger charge is 2.21. The van der Waals surface area contributed by atoms with E-state index in [1.54, 1.807) is 42.5 Å². The van der Waals surface area contributed by atoms with Crippen LogP contribution in [-0.2, 0) is 19.6 Å². The summed E-state index contributed by atoms with van der Waals surface area (Å²) in [6.07, 6.45) is 0. The van der Waals surface area contributed by atoms with Crippen LogP contribution in [-0.4, -0.2) is 26.3 Å². The normalized spacial score (nSPS) is 12.2. The first-order valence-electron chi connectivity index (χ1n) is 7.54. The minimum absolute atomic E-state index is 0.0855. The average molecular weight is 361 g/mol. The summed E-state index contributed by atoms with van der Waals surface area (Å²) in [7, 11) is -3.79. The molecule has 132 valence electrons. The fourth-order valence-corrected chi connectivity index (χ4v) is 3.31. The first-order chi connectivity index (χ1) is 11.8. The van der Waals surface area contributed by atoms with Gasteiger partial charge in [-0.3, -0.25) is 9.59 Å². The van der Waals surface area contributed by atoms with Gasteiger partial charge in [-0.1, -0.05) is 24.3 Å². The highest BCUT2D eigenvalue weighted by atomic mass is 32.2. The van der Waals surface area contributed by atoms with Crippen molar-refractivity contribution >= 4 is 33.2 Å². The van der Waals surface area contributed by atoms with E-state index in [1.807, 2.05) is 0 Å². The summed E-state index contributed by atoms with van der Waals surface area (Å²) in [4.78, 5) is 23.4. The third kappa shape index (κ3) is 5.40. The van der Waals surface area contributed by atoms with Gasteiger partial charge in [0.1, 0.15) is 0 Å². The van der Waals surface area contributed by atoms with Gasteiger partial charge in [-0.05, 0) is 37.3 Å². The van der Waals surface area contributed by atoms with Gasteiger partial charge in [0.2, 0.25) is 21.8 Å². The molecule has 2 aromatic rings. The van der Waals surface area contributed by atoms with Gasteiger partial charge < -0.3 is 10.6 Å².